The predicted molar refractivity (Wildman–Crippen MR) is 69.7 cm³/mol. The molecule has 1 amide bonds. The Morgan fingerprint density at radius 3 is 2.65 bits per heavy atom. The van der Waals surface area contributed by atoms with Gasteiger partial charge in [-0.15, -0.1) is 0 Å². The number of hydrogen-bond donors (Lipinski definition) is 2. The number of amides is 1. The van der Waals surface area contributed by atoms with Gasteiger partial charge in [0.05, 0.1) is 26.4 Å². The van der Waals surface area contributed by atoms with E-state index in [2.05, 4.69) is 5.32 Å². The topological polar surface area (TPSA) is 77.0 Å². The zero-order chi connectivity index (χ0) is 14.1. The Kier molecular flexibility index (Phi) is 3.60. The minimum atomic E-state index is -0.608. The first-order chi connectivity index (χ1) is 9.69. The van der Waals surface area contributed by atoms with Gasteiger partial charge in [0.25, 0.3) is 5.91 Å². The van der Waals surface area contributed by atoms with Crippen LogP contribution in [-0.2, 0) is 9.47 Å². The molecule has 0 spiro atoms. The van der Waals surface area contributed by atoms with Gasteiger partial charge in [0.2, 0.25) is 0 Å². The van der Waals surface area contributed by atoms with Crippen molar-refractivity contribution in [3.63, 3.8) is 0 Å². The molecule has 0 unspecified atom stereocenters. The van der Waals surface area contributed by atoms with Gasteiger partial charge < -0.3 is 24.6 Å². The molecule has 0 aromatic heterocycles. The molecule has 0 aliphatic carbocycles. The van der Waals surface area contributed by atoms with Crippen LogP contribution in [0, 0.1) is 0 Å². The SMILES string of the molecule is COc1ccc(C(=O)N[C@H]2CO[C@H]3[C@@H]2OC[C@H]3O)cc1. The summed E-state index contributed by atoms with van der Waals surface area (Å²) in [5.74, 6) is 0.514. The average Bonchev–Trinajstić information content (AvgIpc) is 3.03. The van der Waals surface area contributed by atoms with Crippen LogP contribution in [0.2, 0.25) is 0 Å². The van der Waals surface area contributed by atoms with E-state index in [-0.39, 0.29) is 30.8 Å². The summed E-state index contributed by atoms with van der Waals surface area (Å²) in [5, 5.41) is 12.5. The zero-order valence-corrected chi connectivity index (χ0v) is 11.1. The van der Waals surface area contributed by atoms with Gasteiger partial charge in [-0.25, -0.2) is 0 Å². The van der Waals surface area contributed by atoms with Crippen molar-refractivity contribution in [1.29, 1.82) is 0 Å². The zero-order valence-electron chi connectivity index (χ0n) is 11.1. The molecule has 3 rings (SSSR count). The van der Waals surface area contributed by atoms with Crippen molar-refractivity contribution in [2.45, 2.75) is 24.4 Å². The normalized spacial score (nSPS) is 31.9. The predicted octanol–water partition coefficient (Wildman–Crippen LogP) is -0.0479. The van der Waals surface area contributed by atoms with Gasteiger partial charge in [-0.05, 0) is 24.3 Å². The number of nitrogens with one attached hydrogen (secondary N) is 1. The molecule has 0 bridgehead atoms. The van der Waals surface area contributed by atoms with Crippen LogP contribution in [0.1, 0.15) is 10.4 Å². The Labute approximate surface area is 116 Å². The molecular formula is C14H17NO5. The van der Waals surface area contributed by atoms with Gasteiger partial charge in [0, 0.05) is 5.56 Å². The standard InChI is InChI=1S/C14H17NO5/c1-18-9-4-2-8(3-5-9)14(17)15-10-6-19-13-11(16)7-20-12(10)13/h2-5,10-13,16H,6-7H2,1H3,(H,15,17)/t10-,11+,12+,13+/m0/s1. The lowest BCUT2D eigenvalue weighted by Gasteiger charge is -2.17. The number of hydrogen-bond acceptors (Lipinski definition) is 5. The summed E-state index contributed by atoms with van der Waals surface area (Å²) in [6.07, 6.45) is -1.22. The molecule has 2 saturated heterocycles. The third-order valence-corrected chi connectivity index (χ3v) is 3.70. The molecular weight excluding hydrogens is 262 g/mol. The second kappa shape index (κ2) is 5.40. The molecule has 2 aliphatic rings. The molecule has 4 atom stereocenters. The maximum Gasteiger partial charge on any atom is 0.251 e. The number of carbonyl (C=O) groups excluding carboxylic acids is 1. The summed E-state index contributed by atoms with van der Waals surface area (Å²) in [6.45, 7) is 0.610. The molecule has 0 radical (unpaired) electrons. The summed E-state index contributed by atoms with van der Waals surface area (Å²) in [6, 6.07) is 6.64. The molecule has 0 saturated carbocycles. The number of benzene rings is 1. The van der Waals surface area contributed by atoms with E-state index in [0.717, 1.165) is 0 Å². The third kappa shape index (κ3) is 2.37. The largest absolute Gasteiger partial charge is 0.497 e. The van der Waals surface area contributed by atoms with Crippen molar-refractivity contribution in [2.75, 3.05) is 20.3 Å². The van der Waals surface area contributed by atoms with Crippen LogP contribution < -0.4 is 10.1 Å². The minimum absolute atomic E-state index is 0.188. The van der Waals surface area contributed by atoms with Crippen LogP contribution in [0.5, 0.6) is 5.75 Å². The number of aliphatic hydroxyl groups excluding tert-OH is 1. The molecule has 1 aromatic rings. The minimum Gasteiger partial charge on any atom is -0.497 e. The summed E-state index contributed by atoms with van der Waals surface area (Å²) < 4.78 is 16.0. The van der Waals surface area contributed by atoms with Gasteiger partial charge in [-0.1, -0.05) is 0 Å². The van der Waals surface area contributed by atoms with Gasteiger partial charge in [0.1, 0.15) is 24.1 Å². The van der Waals surface area contributed by atoms with Crippen LogP contribution >= 0.6 is 0 Å². The maximum atomic E-state index is 12.1. The molecule has 2 fully saturated rings. The molecule has 2 aliphatic heterocycles. The van der Waals surface area contributed by atoms with Crippen molar-refractivity contribution in [1.82, 2.24) is 5.32 Å². The van der Waals surface area contributed by atoms with E-state index >= 15 is 0 Å². The molecule has 20 heavy (non-hydrogen) atoms. The van der Waals surface area contributed by atoms with Crippen molar-refractivity contribution >= 4 is 5.91 Å². The quantitative estimate of drug-likeness (QED) is 0.811. The van der Waals surface area contributed by atoms with E-state index in [1.807, 2.05) is 0 Å². The van der Waals surface area contributed by atoms with Gasteiger partial charge in [0.15, 0.2) is 0 Å². The van der Waals surface area contributed by atoms with Gasteiger partial charge >= 0.3 is 0 Å². The Hall–Kier alpha value is -1.63. The Morgan fingerprint density at radius 1 is 1.25 bits per heavy atom. The summed E-state index contributed by atoms with van der Waals surface area (Å²) in [7, 11) is 1.58. The Balaban J connectivity index is 1.64. The smallest absolute Gasteiger partial charge is 0.251 e. The fourth-order valence-corrected chi connectivity index (χ4v) is 2.60. The summed E-state index contributed by atoms with van der Waals surface area (Å²) >= 11 is 0. The number of aliphatic hydroxyl groups is 1. The average molecular weight is 279 g/mol. The van der Waals surface area contributed by atoms with Crippen LogP contribution in [0.4, 0.5) is 0 Å². The molecule has 2 N–H and O–H groups in total. The number of fused-ring (bicyclic) bond motifs is 1. The highest BCUT2D eigenvalue weighted by molar-refractivity contribution is 5.94. The monoisotopic (exact) mass is 279 g/mol. The Bertz CT molecular complexity index is 489. The fourth-order valence-electron chi connectivity index (χ4n) is 2.60. The highest BCUT2D eigenvalue weighted by Crippen LogP contribution is 2.27. The second-order valence-electron chi connectivity index (χ2n) is 4.97. The van der Waals surface area contributed by atoms with Gasteiger partial charge in [-0.3, -0.25) is 4.79 Å². The first-order valence-electron chi connectivity index (χ1n) is 6.55. The second-order valence-corrected chi connectivity index (χ2v) is 4.97. The van der Waals surface area contributed by atoms with Crippen LogP contribution in [-0.4, -0.2) is 55.7 Å². The first kappa shape index (κ1) is 13.4. The molecule has 1 aromatic carbocycles. The summed E-state index contributed by atoms with van der Waals surface area (Å²) in [4.78, 5) is 12.1. The lowest BCUT2D eigenvalue weighted by atomic mass is 10.1. The fraction of sp³-hybridized carbons (Fsp3) is 0.500. The van der Waals surface area contributed by atoms with Crippen molar-refractivity contribution in [3.8, 4) is 5.75 Å². The maximum absolute atomic E-state index is 12.1. The number of methoxy groups -OCH3 is 1. The lowest BCUT2D eigenvalue weighted by molar-refractivity contribution is 0.0178. The van der Waals surface area contributed by atoms with Crippen LogP contribution in [0.25, 0.3) is 0 Å². The van der Waals surface area contributed by atoms with E-state index in [0.29, 0.717) is 17.9 Å². The molecule has 6 nitrogen and oxygen atoms in total. The van der Waals surface area contributed by atoms with Crippen LogP contribution in [0.15, 0.2) is 24.3 Å². The molecule has 2 heterocycles. The van der Waals surface area contributed by atoms with Crippen molar-refractivity contribution in [3.05, 3.63) is 29.8 Å². The van der Waals surface area contributed by atoms with Crippen molar-refractivity contribution in [2.24, 2.45) is 0 Å². The van der Waals surface area contributed by atoms with Crippen LogP contribution in [0.3, 0.4) is 0 Å². The number of ether oxygens (including phenoxy) is 3. The van der Waals surface area contributed by atoms with E-state index in [4.69, 9.17) is 14.2 Å². The third-order valence-electron chi connectivity index (χ3n) is 3.70. The lowest BCUT2D eigenvalue weighted by Crippen LogP contribution is -2.44. The number of carbonyl (C=O) groups is 1. The molecule has 108 valence electrons. The van der Waals surface area contributed by atoms with E-state index in [1.54, 1.807) is 31.4 Å². The van der Waals surface area contributed by atoms with E-state index in [1.165, 1.54) is 0 Å². The Morgan fingerprint density at radius 2 is 1.95 bits per heavy atom. The van der Waals surface area contributed by atoms with E-state index < -0.39 is 6.10 Å². The first-order valence-corrected chi connectivity index (χ1v) is 6.55. The highest BCUT2D eigenvalue weighted by Gasteiger charge is 2.47. The highest BCUT2D eigenvalue weighted by atomic mass is 16.6. The van der Waals surface area contributed by atoms with E-state index in [9.17, 15) is 9.90 Å². The summed E-state index contributed by atoms with van der Waals surface area (Å²) in [5.41, 5.74) is 0.549. The van der Waals surface area contributed by atoms with Gasteiger partial charge in [-0.2, -0.15) is 0 Å². The van der Waals surface area contributed by atoms with Crippen molar-refractivity contribution < 1.29 is 24.1 Å². The number of rotatable bonds is 3. The molecule has 6 heteroatoms.